The molecule has 0 aliphatic carbocycles. The number of aliphatic imine (C=N–C) groups is 1. The van der Waals surface area contributed by atoms with Crippen LogP contribution in [0.2, 0.25) is 5.02 Å². The smallest absolute Gasteiger partial charge is 0.328 e. The molecule has 1 fully saturated rings. The topological polar surface area (TPSA) is 160 Å². The Balaban J connectivity index is 1.60. The maximum Gasteiger partial charge on any atom is 0.328 e. The number of aromatic hydroxyl groups is 1. The number of thioether (sulfide) groups is 1. The molecule has 3 aromatic rings. The van der Waals surface area contributed by atoms with Crippen LogP contribution in [0, 0.1) is 0 Å². The number of hydrogen-bond acceptors (Lipinski definition) is 8. The highest BCUT2D eigenvalue weighted by Crippen LogP contribution is 2.32. The SMILES string of the molecule is CN(C)c1ccc(C(N=C2NC(=O)C(CC(=O)Nc3ccc(Cl)cc3)S2)c2c(O)[nH]c(=O)[nH]c2=O)cc1. The van der Waals surface area contributed by atoms with Crippen molar-refractivity contribution in [2.24, 2.45) is 4.99 Å². The van der Waals surface area contributed by atoms with Gasteiger partial charge in [0.25, 0.3) is 5.56 Å². The summed E-state index contributed by atoms with van der Waals surface area (Å²) in [5.74, 6) is -1.42. The average molecular weight is 543 g/mol. The van der Waals surface area contributed by atoms with Gasteiger partial charge in [0.15, 0.2) is 5.17 Å². The van der Waals surface area contributed by atoms with Crippen LogP contribution in [-0.4, -0.2) is 51.4 Å². The number of benzene rings is 2. The minimum atomic E-state index is -1.05. The molecular weight excluding hydrogens is 520 g/mol. The Morgan fingerprint density at radius 2 is 1.78 bits per heavy atom. The van der Waals surface area contributed by atoms with Gasteiger partial charge in [0, 0.05) is 36.9 Å². The molecule has 2 heterocycles. The lowest BCUT2D eigenvalue weighted by Crippen LogP contribution is -2.29. The van der Waals surface area contributed by atoms with Crippen LogP contribution in [0.25, 0.3) is 0 Å². The van der Waals surface area contributed by atoms with E-state index in [2.05, 4.69) is 25.6 Å². The molecule has 0 saturated carbocycles. The highest BCUT2D eigenvalue weighted by Gasteiger charge is 2.33. The normalized spacial score (nSPS) is 16.9. The lowest BCUT2D eigenvalue weighted by molar-refractivity contribution is -0.122. The summed E-state index contributed by atoms with van der Waals surface area (Å²) in [5, 5.41) is 15.7. The number of aromatic amines is 2. The van der Waals surface area contributed by atoms with Gasteiger partial charge >= 0.3 is 5.69 Å². The lowest BCUT2D eigenvalue weighted by Gasteiger charge is -2.17. The number of amidine groups is 1. The maximum atomic E-state index is 12.6. The lowest BCUT2D eigenvalue weighted by atomic mass is 10.0. The average Bonchev–Trinajstić information content (AvgIpc) is 3.17. The Kier molecular flexibility index (Phi) is 7.69. The molecule has 2 amide bonds. The van der Waals surface area contributed by atoms with Crippen LogP contribution < -0.4 is 26.8 Å². The zero-order chi connectivity index (χ0) is 26.7. The quantitative estimate of drug-likeness (QED) is 0.306. The van der Waals surface area contributed by atoms with Gasteiger partial charge in [-0.1, -0.05) is 35.5 Å². The first-order valence-corrected chi connectivity index (χ1v) is 12.3. The van der Waals surface area contributed by atoms with Crippen molar-refractivity contribution in [3.8, 4) is 5.88 Å². The molecule has 2 unspecified atom stereocenters. The Bertz CT molecular complexity index is 1470. The summed E-state index contributed by atoms with van der Waals surface area (Å²) in [4.78, 5) is 60.0. The van der Waals surface area contributed by atoms with Crippen LogP contribution in [0.3, 0.4) is 0 Å². The molecule has 1 saturated heterocycles. The first-order chi connectivity index (χ1) is 17.6. The van der Waals surface area contributed by atoms with E-state index in [9.17, 15) is 24.3 Å². The van der Waals surface area contributed by atoms with Gasteiger partial charge in [-0.25, -0.2) is 9.79 Å². The standard InChI is InChI=1S/C24H23ClN6O5S/c1-31(2)15-9-3-12(4-10-15)19(18-21(34)28-23(36)29-22(18)35)27-24-30-20(33)16(37-24)11-17(32)26-14-7-5-13(25)6-8-14/h3-10,16,19H,11H2,1-2H3,(H,26,32)(H,27,30,33)(H3,28,29,34,35,36). The number of amides is 2. The van der Waals surface area contributed by atoms with E-state index in [1.54, 1.807) is 36.4 Å². The molecule has 0 bridgehead atoms. The number of hydrogen-bond donors (Lipinski definition) is 5. The van der Waals surface area contributed by atoms with Gasteiger partial charge in [-0.05, 0) is 42.0 Å². The third-order valence-corrected chi connectivity index (χ3v) is 6.83. The Morgan fingerprint density at radius 3 is 2.41 bits per heavy atom. The molecule has 1 aromatic heterocycles. The molecule has 11 nitrogen and oxygen atoms in total. The first-order valence-electron chi connectivity index (χ1n) is 11.0. The van der Waals surface area contributed by atoms with Crippen molar-refractivity contribution >= 4 is 51.7 Å². The number of carbonyl (C=O) groups excluding carboxylic acids is 2. The number of anilines is 2. The van der Waals surface area contributed by atoms with E-state index in [-0.39, 0.29) is 23.1 Å². The molecule has 1 aliphatic heterocycles. The van der Waals surface area contributed by atoms with Gasteiger partial charge in [0.1, 0.15) is 16.9 Å². The molecule has 2 atom stereocenters. The zero-order valence-electron chi connectivity index (χ0n) is 19.7. The van der Waals surface area contributed by atoms with Gasteiger partial charge in [-0.2, -0.15) is 0 Å². The number of carbonyl (C=O) groups is 2. The molecule has 2 aromatic carbocycles. The summed E-state index contributed by atoms with van der Waals surface area (Å²) in [6, 6.07) is 12.6. The van der Waals surface area contributed by atoms with Crippen molar-refractivity contribution in [1.82, 2.24) is 15.3 Å². The Hall–Kier alpha value is -4.03. The van der Waals surface area contributed by atoms with E-state index in [0.717, 1.165) is 17.4 Å². The highest BCUT2D eigenvalue weighted by atomic mass is 35.5. The molecule has 37 heavy (non-hydrogen) atoms. The third kappa shape index (κ3) is 6.22. The number of aromatic nitrogens is 2. The molecule has 0 spiro atoms. The summed E-state index contributed by atoms with van der Waals surface area (Å²) in [6.45, 7) is 0. The summed E-state index contributed by atoms with van der Waals surface area (Å²) in [5.41, 5.74) is 0.0930. The predicted octanol–water partition coefficient (Wildman–Crippen LogP) is 2.19. The van der Waals surface area contributed by atoms with Crippen molar-refractivity contribution < 1.29 is 14.7 Å². The predicted molar refractivity (Wildman–Crippen MR) is 144 cm³/mol. The largest absolute Gasteiger partial charge is 0.494 e. The van der Waals surface area contributed by atoms with Crippen molar-refractivity contribution in [2.75, 3.05) is 24.3 Å². The molecule has 4 rings (SSSR count). The van der Waals surface area contributed by atoms with E-state index < -0.39 is 34.3 Å². The summed E-state index contributed by atoms with van der Waals surface area (Å²) in [7, 11) is 3.75. The molecule has 5 N–H and O–H groups in total. The minimum Gasteiger partial charge on any atom is -0.494 e. The fourth-order valence-corrected chi connectivity index (χ4v) is 4.75. The van der Waals surface area contributed by atoms with Crippen LogP contribution in [0.4, 0.5) is 11.4 Å². The van der Waals surface area contributed by atoms with Crippen LogP contribution >= 0.6 is 23.4 Å². The van der Waals surface area contributed by atoms with Gasteiger partial charge < -0.3 is 20.6 Å². The third-order valence-electron chi connectivity index (χ3n) is 5.48. The van der Waals surface area contributed by atoms with Gasteiger partial charge in [-0.3, -0.25) is 24.4 Å². The second-order valence-electron chi connectivity index (χ2n) is 8.35. The monoisotopic (exact) mass is 542 g/mol. The van der Waals surface area contributed by atoms with E-state index in [4.69, 9.17) is 11.6 Å². The summed E-state index contributed by atoms with van der Waals surface area (Å²) >= 11 is 6.89. The summed E-state index contributed by atoms with van der Waals surface area (Å²) in [6.07, 6.45) is -0.120. The molecule has 0 radical (unpaired) electrons. The van der Waals surface area contributed by atoms with Crippen molar-refractivity contribution in [2.45, 2.75) is 17.7 Å². The fraction of sp³-hybridized carbons (Fsp3) is 0.208. The number of rotatable bonds is 7. The van der Waals surface area contributed by atoms with E-state index in [0.29, 0.717) is 16.3 Å². The highest BCUT2D eigenvalue weighted by molar-refractivity contribution is 8.15. The van der Waals surface area contributed by atoms with Gasteiger partial charge in [-0.15, -0.1) is 0 Å². The van der Waals surface area contributed by atoms with Crippen molar-refractivity contribution in [1.29, 1.82) is 0 Å². The number of nitrogens with one attached hydrogen (secondary N) is 4. The first kappa shape index (κ1) is 26.0. The molecule has 192 valence electrons. The van der Waals surface area contributed by atoms with Gasteiger partial charge in [0.05, 0.1) is 0 Å². The van der Waals surface area contributed by atoms with E-state index in [1.807, 2.05) is 31.1 Å². The van der Waals surface area contributed by atoms with Crippen LogP contribution in [0.15, 0.2) is 63.1 Å². The van der Waals surface area contributed by atoms with Crippen LogP contribution in [-0.2, 0) is 9.59 Å². The molecular formula is C24H23ClN6O5S. The van der Waals surface area contributed by atoms with E-state index in [1.165, 1.54) is 0 Å². The minimum absolute atomic E-state index is 0.120. The maximum absolute atomic E-state index is 12.6. The number of halogens is 1. The summed E-state index contributed by atoms with van der Waals surface area (Å²) < 4.78 is 0. The fourth-order valence-electron chi connectivity index (χ4n) is 3.63. The zero-order valence-corrected chi connectivity index (χ0v) is 21.3. The van der Waals surface area contributed by atoms with Crippen molar-refractivity contribution in [3.63, 3.8) is 0 Å². The number of nitrogens with zero attached hydrogens (tertiary/aromatic N) is 2. The van der Waals surface area contributed by atoms with Crippen molar-refractivity contribution in [3.05, 3.63) is 85.5 Å². The Labute approximate surface area is 220 Å². The van der Waals surface area contributed by atoms with Crippen LogP contribution in [0.1, 0.15) is 23.6 Å². The second kappa shape index (κ2) is 10.9. The van der Waals surface area contributed by atoms with E-state index >= 15 is 0 Å². The second-order valence-corrected chi connectivity index (χ2v) is 9.98. The van der Waals surface area contributed by atoms with Gasteiger partial charge in [0.2, 0.25) is 17.7 Å². The molecule has 13 heteroatoms. The number of H-pyrrole nitrogens is 2. The Morgan fingerprint density at radius 1 is 1.11 bits per heavy atom. The van der Waals surface area contributed by atoms with Crippen LogP contribution in [0.5, 0.6) is 5.88 Å². The molecule has 1 aliphatic rings.